The molecule has 1 unspecified atom stereocenters. The Morgan fingerprint density at radius 2 is 1.89 bits per heavy atom. The number of nitrogens with zero attached hydrogens (tertiary/aromatic N) is 1. The zero-order valence-electron chi connectivity index (χ0n) is 11.8. The Hall–Kier alpha value is -1.35. The third-order valence-electron chi connectivity index (χ3n) is 3.11. The lowest BCUT2D eigenvalue weighted by atomic mass is 10.00. The Labute approximate surface area is 110 Å². The second kappa shape index (κ2) is 7.17. The Bertz CT molecular complexity index is 371. The molecule has 18 heavy (non-hydrogen) atoms. The first-order chi connectivity index (χ1) is 8.58. The topological polar surface area (TPSA) is 29.5 Å². The van der Waals surface area contributed by atoms with E-state index in [1.54, 1.807) is 0 Å². The van der Waals surface area contributed by atoms with E-state index in [2.05, 4.69) is 31.2 Å². The van der Waals surface area contributed by atoms with Gasteiger partial charge in [0.25, 0.3) is 0 Å². The average molecular weight is 249 g/mol. The summed E-state index contributed by atoms with van der Waals surface area (Å²) in [4.78, 5) is 13.5. The minimum Gasteiger partial charge on any atom is -0.469 e. The van der Waals surface area contributed by atoms with Crippen LogP contribution in [0, 0.1) is 0 Å². The molecule has 1 aromatic carbocycles. The lowest BCUT2D eigenvalue weighted by Gasteiger charge is -2.23. The molecule has 1 aromatic rings. The lowest BCUT2D eigenvalue weighted by Crippen LogP contribution is -2.23. The van der Waals surface area contributed by atoms with Crippen molar-refractivity contribution in [2.24, 2.45) is 0 Å². The molecule has 0 N–H and O–H groups in total. The Balaban J connectivity index is 2.82. The molecular weight excluding hydrogens is 226 g/mol. The fourth-order valence-corrected chi connectivity index (χ4v) is 2.03. The second-order valence-corrected chi connectivity index (χ2v) is 4.75. The number of rotatable bonds is 6. The smallest absolute Gasteiger partial charge is 0.307 e. The van der Waals surface area contributed by atoms with Gasteiger partial charge in [-0.25, -0.2) is 0 Å². The van der Waals surface area contributed by atoms with Gasteiger partial charge in [0.05, 0.1) is 13.5 Å². The number of carbonyl (C=O) groups is 1. The Morgan fingerprint density at radius 1 is 1.28 bits per heavy atom. The van der Waals surface area contributed by atoms with E-state index in [0.29, 0.717) is 6.42 Å². The van der Waals surface area contributed by atoms with Crippen molar-refractivity contribution >= 4 is 5.97 Å². The van der Waals surface area contributed by atoms with Crippen LogP contribution in [0.1, 0.15) is 36.9 Å². The molecule has 0 aromatic heterocycles. The monoisotopic (exact) mass is 249 g/mol. The fraction of sp³-hybridized carbons (Fsp3) is 0.533. The molecule has 0 aliphatic rings. The van der Waals surface area contributed by atoms with Crippen molar-refractivity contribution in [3.63, 3.8) is 0 Å². The quantitative estimate of drug-likeness (QED) is 0.726. The van der Waals surface area contributed by atoms with Crippen molar-refractivity contribution in [1.82, 2.24) is 4.90 Å². The van der Waals surface area contributed by atoms with Gasteiger partial charge in [0.2, 0.25) is 0 Å². The van der Waals surface area contributed by atoms with Gasteiger partial charge in [0.15, 0.2) is 0 Å². The molecule has 0 spiro atoms. The van der Waals surface area contributed by atoms with Crippen molar-refractivity contribution in [2.75, 3.05) is 21.2 Å². The van der Waals surface area contributed by atoms with Crippen LogP contribution in [0.15, 0.2) is 24.3 Å². The van der Waals surface area contributed by atoms with Gasteiger partial charge < -0.3 is 9.64 Å². The van der Waals surface area contributed by atoms with Crippen LogP contribution in [0.25, 0.3) is 0 Å². The van der Waals surface area contributed by atoms with Crippen LogP contribution in [-0.2, 0) is 16.0 Å². The maximum Gasteiger partial charge on any atom is 0.307 e. The van der Waals surface area contributed by atoms with Crippen molar-refractivity contribution < 1.29 is 9.53 Å². The molecule has 0 amide bonds. The predicted molar refractivity (Wildman–Crippen MR) is 73.5 cm³/mol. The summed E-state index contributed by atoms with van der Waals surface area (Å²) < 4.78 is 4.75. The molecule has 3 heteroatoms. The van der Waals surface area contributed by atoms with Crippen LogP contribution in [0.4, 0.5) is 0 Å². The molecule has 100 valence electrons. The molecule has 3 nitrogen and oxygen atoms in total. The van der Waals surface area contributed by atoms with E-state index in [-0.39, 0.29) is 12.0 Å². The molecule has 1 rings (SSSR count). The van der Waals surface area contributed by atoms with E-state index < -0.39 is 0 Å². The largest absolute Gasteiger partial charge is 0.469 e. The molecule has 0 saturated heterocycles. The highest BCUT2D eigenvalue weighted by atomic mass is 16.5. The second-order valence-electron chi connectivity index (χ2n) is 4.75. The van der Waals surface area contributed by atoms with Gasteiger partial charge in [0, 0.05) is 6.04 Å². The SMILES string of the molecule is CCCc1ccc(C(CC(=O)OC)N(C)C)cc1. The molecule has 0 aliphatic carbocycles. The van der Waals surface area contributed by atoms with Crippen molar-refractivity contribution in [1.29, 1.82) is 0 Å². The maximum atomic E-state index is 11.4. The highest BCUT2D eigenvalue weighted by molar-refractivity contribution is 5.70. The average Bonchev–Trinajstić information content (AvgIpc) is 2.37. The molecule has 0 saturated carbocycles. The van der Waals surface area contributed by atoms with Crippen molar-refractivity contribution in [3.8, 4) is 0 Å². The summed E-state index contributed by atoms with van der Waals surface area (Å²) in [6, 6.07) is 8.59. The third-order valence-corrected chi connectivity index (χ3v) is 3.11. The number of hydrogen-bond donors (Lipinski definition) is 0. The third kappa shape index (κ3) is 4.15. The highest BCUT2D eigenvalue weighted by Crippen LogP contribution is 2.23. The number of aryl methyl sites for hydroxylation is 1. The molecule has 0 heterocycles. The first kappa shape index (κ1) is 14.7. The van der Waals surface area contributed by atoms with Crippen LogP contribution in [0.2, 0.25) is 0 Å². The van der Waals surface area contributed by atoms with E-state index in [9.17, 15) is 4.79 Å². The molecule has 1 atom stereocenters. The molecule has 0 aliphatic heterocycles. The summed E-state index contributed by atoms with van der Waals surface area (Å²) in [6.07, 6.45) is 2.64. The first-order valence-corrected chi connectivity index (χ1v) is 6.40. The predicted octanol–water partition coefficient (Wildman–Crippen LogP) is 2.80. The van der Waals surface area contributed by atoms with E-state index in [0.717, 1.165) is 18.4 Å². The van der Waals surface area contributed by atoms with Gasteiger partial charge >= 0.3 is 5.97 Å². The Kier molecular flexibility index (Phi) is 5.86. The summed E-state index contributed by atoms with van der Waals surface area (Å²) >= 11 is 0. The van der Waals surface area contributed by atoms with E-state index in [1.807, 2.05) is 19.0 Å². The fourth-order valence-electron chi connectivity index (χ4n) is 2.03. The van der Waals surface area contributed by atoms with Crippen LogP contribution < -0.4 is 0 Å². The zero-order chi connectivity index (χ0) is 13.5. The standard InChI is InChI=1S/C15H23NO2/c1-5-6-12-7-9-13(10-8-12)14(16(2)3)11-15(17)18-4/h7-10,14H,5-6,11H2,1-4H3. The van der Waals surface area contributed by atoms with Crippen LogP contribution in [0.5, 0.6) is 0 Å². The lowest BCUT2D eigenvalue weighted by molar-refractivity contribution is -0.141. The van der Waals surface area contributed by atoms with Gasteiger partial charge in [-0.1, -0.05) is 37.6 Å². The summed E-state index contributed by atoms with van der Waals surface area (Å²) in [5.41, 5.74) is 2.50. The van der Waals surface area contributed by atoms with Crippen LogP contribution in [-0.4, -0.2) is 32.1 Å². The number of esters is 1. The Morgan fingerprint density at radius 3 is 2.33 bits per heavy atom. The minimum atomic E-state index is -0.175. The van der Waals surface area contributed by atoms with Crippen LogP contribution >= 0.6 is 0 Å². The molecule has 0 fully saturated rings. The maximum absolute atomic E-state index is 11.4. The summed E-state index contributed by atoms with van der Waals surface area (Å²) in [5, 5.41) is 0. The van der Waals surface area contributed by atoms with Crippen molar-refractivity contribution in [2.45, 2.75) is 32.2 Å². The normalized spacial score (nSPS) is 12.5. The van der Waals surface area contributed by atoms with Gasteiger partial charge in [0.1, 0.15) is 0 Å². The van der Waals surface area contributed by atoms with Gasteiger partial charge in [-0.3, -0.25) is 4.79 Å². The summed E-state index contributed by atoms with van der Waals surface area (Å²) in [5.74, 6) is -0.175. The number of benzene rings is 1. The highest BCUT2D eigenvalue weighted by Gasteiger charge is 2.18. The van der Waals surface area contributed by atoms with E-state index in [1.165, 1.54) is 12.7 Å². The molecular formula is C15H23NO2. The van der Waals surface area contributed by atoms with Gasteiger partial charge in [-0.05, 0) is 31.6 Å². The molecule has 0 bridgehead atoms. The number of ether oxygens (including phenoxy) is 1. The molecule has 0 radical (unpaired) electrons. The summed E-state index contributed by atoms with van der Waals surface area (Å²) in [7, 11) is 5.39. The minimum absolute atomic E-state index is 0.0770. The number of carbonyl (C=O) groups excluding carboxylic acids is 1. The number of methoxy groups -OCH3 is 1. The zero-order valence-corrected chi connectivity index (χ0v) is 11.8. The number of hydrogen-bond acceptors (Lipinski definition) is 3. The first-order valence-electron chi connectivity index (χ1n) is 6.40. The van der Waals surface area contributed by atoms with Gasteiger partial charge in [-0.2, -0.15) is 0 Å². The van der Waals surface area contributed by atoms with E-state index >= 15 is 0 Å². The van der Waals surface area contributed by atoms with Gasteiger partial charge in [-0.15, -0.1) is 0 Å². The van der Waals surface area contributed by atoms with Crippen LogP contribution in [0.3, 0.4) is 0 Å². The summed E-state index contributed by atoms with van der Waals surface area (Å²) in [6.45, 7) is 2.17. The van der Waals surface area contributed by atoms with E-state index in [4.69, 9.17) is 4.74 Å². The van der Waals surface area contributed by atoms with Crippen molar-refractivity contribution in [3.05, 3.63) is 35.4 Å².